The second-order valence-corrected chi connectivity index (χ2v) is 5.79. The van der Waals surface area contributed by atoms with Crippen LogP contribution in [0.15, 0.2) is 30.3 Å². The van der Waals surface area contributed by atoms with Crippen LogP contribution in [0.5, 0.6) is 0 Å². The normalized spacial score (nSPS) is 22.0. The summed E-state index contributed by atoms with van der Waals surface area (Å²) in [4.78, 5) is 12.5. The molecule has 22 heavy (non-hydrogen) atoms. The third kappa shape index (κ3) is 4.30. The molecule has 0 radical (unpaired) electrons. The number of carbonyl (C=O) groups is 1. The molecule has 1 saturated heterocycles. The van der Waals surface area contributed by atoms with Gasteiger partial charge in [0.05, 0.1) is 19.1 Å². The summed E-state index contributed by atoms with van der Waals surface area (Å²) in [6, 6.07) is 11.8. The van der Waals surface area contributed by atoms with Gasteiger partial charge in [0, 0.05) is 19.2 Å². The molecule has 1 aliphatic rings. The monoisotopic (exact) mass is 302 g/mol. The lowest BCUT2D eigenvalue weighted by molar-refractivity contribution is -0.157. The molecular weight excluding hydrogens is 280 g/mol. The summed E-state index contributed by atoms with van der Waals surface area (Å²) in [5.74, 6) is -0.231. The first-order valence-corrected chi connectivity index (χ1v) is 7.55. The smallest absolute Gasteiger partial charge is 0.316 e. The highest BCUT2D eigenvalue weighted by Crippen LogP contribution is 2.30. The minimum absolute atomic E-state index is 0.0457. The zero-order valence-electron chi connectivity index (χ0n) is 12.9. The van der Waals surface area contributed by atoms with E-state index in [1.165, 1.54) is 0 Å². The molecule has 1 aliphatic heterocycles. The summed E-state index contributed by atoms with van der Waals surface area (Å²) < 4.78 is 10.9. The molecule has 1 aromatic rings. The van der Waals surface area contributed by atoms with Gasteiger partial charge in [-0.25, -0.2) is 0 Å². The van der Waals surface area contributed by atoms with Crippen LogP contribution in [0.25, 0.3) is 0 Å². The lowest BCUT2D eigenvalue weighted by atomic mass is 9.87. The predicted octanol–water partition coefficient (Wildman–Crippen LogP) is 2.03. The summed E-state index contributed by atoms with van der Waals surface area (Å²) in [6.07, 6.45) is 1.06. The average Bonchev–Trinajstić information content (AvgIpc) is 3.02. The summed E-state index contributed by atoms with van der Waals surface area (Å²) in [7, 11) is 0. The molecule has 2 rings (SSSR count). The molecule has 0 aliphatic carbocycles. The van der Waals surface area contributed by atoms with Gasteiger partial charge >= 0.3 is 5.97 Å². The van der Waals surface area contributed by atoms with Gasteiger partial charge in [-0.15, -0.1) is 0 Å². The van der Waals surface area contributed by atoms with Crippen LogP contribution in [0.4, 0.5) is 0 Å². The van der Waals surface area contributed by atoms with E-state index in [0.717, 1.165) is 5.56 Å². The topological polar surface area (TPSA) is 71.4 Å². The van der Waals surface area contributed by atoms with Gasteiger partial charge in [0.15, 0.2) is 0 Å². The fraction of sp³-hybridized carbons (Fsp3) is 0.529. The number of carbonyl (C=O) groups excluding carboxylic acids is 1. The Labute approximate surface area is 131 Å². The first kappa shape index (κ1) is 16.5. The molecule has 0 bridgehead atoms. The van der Waals surface area contributed by atoms with Gasteiger partial charge in [-0.2, -0.15) is 5.26 Å². The van der Waals surface area contributed by atoms with Gasteiger partial charge in [-0.1, -0.05) is 30.3 Å². The number of rotatable bonds is 7. The van der Waals surface area contributed by atoms with Crippen molar-refractivity contribution in [3.8, 4) is 6.07 Å². The van der Waals surface area contributed by atoms with E-state index in [-0.39, 0.29) is 18.6 Å². The SMILES string of the molecule is C[C@@H](CC#N)NCC1(C(=O)OCc2ccccc2)CCOC1. The Morgan fingerprint density at radius 3 is 2.91 bits per heavy atom. The minimum atomic E-state index is -0.640. The van der Waals surface area contributed by atoms with Gasteiger partial charge in [-0.3, -0.25) is 4.79 Å². The van der Waals surface area contributed by atoms with Crippen LogP contribution >= 0.6 is 0 Å². The summed E-state index contributed by atoms with van der Waals surface area (Å²) >= 11 is 0. The summed E-state index contributed by atoms with van der Waals surface area (Å²) in [5.41, 5.74) is 0.328. The van der Waals surface area contributed by atoms with E-state index in [9.17, 15) is 4.79 Å². The first-order chi connectivity index (χ1) is 10.7. The molecule has 0 saturated carbocycles. The molecule has 1 heterocycles. The number of nitrogens with zero attached hydrogens (tertiary/aromatic N) is 1. The second kappa shape index (κ2) is 7.92. The van der Waals surface area contributed by atoms with Crippen LogP contribution in [-0.2, 0) is 20.9 Å². The van der Waals surface area contributed by atoms with Crippen molar-refractivity contribution in [2.24, 2.45) is 5.41 Å². The van der Waals surface area contributed by atoms with Gasteiger partial charge < -0.3 is 14.8 Å². The van der Waals surface area contributed by atoms with Crippen molar-refractivity contribution in [3.63, 3.8) is 0 Å². The Morgan fingerprint density at radius 2 is 2.27 bits per heavy atom. The standard InChI is InChI=1S/C17H22N2O3/c1-14(7-9-18)19-12-17(8-10-21-13-17)16(20)22-11-15-5-3-2-4-6-15/h2-6,14,19H,7-8,10-13H2,1H3/t14-,17?/m0/s1. The molecule has 1 aromatic carbocycles. The van der Waals surface area contributed by atoms with Crippen LogP contribution in [0.3, 0.4) is 0 Å². The number of benzene rings is 1. The largest absolute Gasteiger partial charge is 0.460 e. The Morgan fingerprint density at radius 1 is 1.50 bits per heavy atom. The van der Waals surface area contributed by atoms with Crippen LogP contribution in [0.2, 0.25) is 0 Å². The quantitative estimate of drug-likeness (QED) is 0.780. The lowest BCUT2D eigenvalue weighted by Crippen LogP contribution is -2.45. The number of nitriles is 1. The predicted molar refractivity (Wildman–Crippen MR) is 81.8 cm³/mol. The van der Waals surface area contributed by atoms with E-state index in [2.05, 4.69) is 11.4 Å². The number of ether oxygens (including phenoxy) is 2. The van der Waals surface area contributed by atoms with Crippen molar-refractivity contribution < 1.29 is 14.3 Å². The van der Waals surface area contributed by atoms with Gasteiger partial charge in [0.25, 0.3) is 0 Å². The second-order valence-electron chi connectivity index (χ2n) is 5.79. The molecule has 1 fully saturated rings. The van der Waals surface area contributed by atoms with Crippen LogP contribution in [-0.4, -0.2) is 31.8 Å². The van der Waals surface area contributed by atoms with Crippen LogP contribution in [0, 0.1) is 16.7 Å². The molecule has 0 spiro atoms. The average molecular weight is 302 g/mol. The number of hydrogen-bond acceptors (Lipinski definition) is 5. The third-order valence-electron chi connectivity index (χ3n) is 3.94. The Hall–Kier alpha value is -1.90. The highest BCUT2D eigenvalue weighted by Gasteiger charge is 2.43. The van der Waals surface area contributed by atoms with Crippen LogP contribution < -0.4 is 5.32 Å². The number of esters is 1. The van der Waals surface area contributed by atoms with E-state index < -0.39 is 5.41 Å². The molecule has 0 amide bonds. The number of hydrogen-bond donors (Lipinski definition) is 1. The molecule has 5 heteroatoms. The van der Waals surface area contributed by atoms with Crippen molar-refractivity contribution in [2.45, 2.75) is 32.4 Å². The first-order valence-electron chi connectivity index (χ1n) is 7.55. The summed E-state index contributed by atoms with van der Waals surface area (Å²) in [6.45, 7) is 3.61. The Kier molecular flexibility index (Phi) is 5.93. The fourth-order valence-electron chi connectivity index (χ4n) is 2.43. The van der Waals surface area contributed by atoms with Crippen molar-refractivity contribution in [1.29, 1.82) is 5.26 Å². The van der Waals surface area contributed by atoms with Crippen molar-refractivity contribution in [3.05, 3.63) is 35.9 Å². The zero-order valence-corrected chi connectivity index (χ0v) is 12.9. The Bertz CT molecular complexity index is 518. The summed E-state index contributed by atoms with van der Waals surface area (Å²) in [5, 5.41) is 11.9. The van der Waals surface area contributed by atoms with Gasteiger partial charge in [-0.05, 0) is 18.9 Å². The van der Waals surface area contributed by atoms with E-state index in [0.29, 0.717) is 32.6 Å². The highest BCUT2D eigenvalue weighted by atomic mass is 16.5. The van der Waals surface area contributed by atoms with Gasteiger partial charge in [0.1, 0.15) is 12.0 Å². The van der Waals surface area contributed by atoms with Crippen molar-refractivity contribution in [2.75, 3.05) is 19.8 Å². The molecular formula is C17H22N2O3. The van der Waals surface area contributed by atoms with Crippen molar-refractivity contribution >= 4 is 5.97 Å². The van der Waals surface area contributed by atoms with Crippen molar-refractivity contribution in [1.82, 2.24) is 5.32 Å². The maximum absolute atomic E-state index is 12.5. The zero-order chi connectivity index (χ0) is 15.8. The number of nitrogens with one attached hydrogen (secondary N) is 1. The fourth-order valence-corrected chi connectivity index (χ4v) is 2.43. The maximum Gasteiger partial charge on any atom is 0.316 e. The molecule has 118 valence electrons. The minimum Gasteiger partial charge on any atom is -0.460 e. The lowest BCUT2D eigenvalue weighted by Gasteiger charge is -2.27. The molecule has 5 nitrogen and oxygen atoms in total. The van der Waals surface area contributed by atoms with Crippen LogP contribution in [0.1, 0.15) is 25.3 Å². The highest BCUT2D eigenvalue weighted by molar-refractivity contribution is 5.77. The van der Waals surface area contributed by atoms with Gasteiger partial charge in [0.2, 0.25) is 0 Å². The van der Waals surface area contributed by atoms with E-state index >= 15 is 0 Å². The molecule has 1 N–H and O–H groups in total. The Balaban J connectivity index is 1.92. The molecule has 2 atom stereocenters. The van der Waals surface area contributed by atoms with E-state index in [1.807, 2.05) is 37.3 Å². The third-order valence-corrected chi connectivity index (χ3v) is 3.94. The van der Waals surface area contributed by atoms with E-state index in [1.54, 1.807) is 0 Å². The molecule has 0 aromatic heterocycles. The maximum atomic E-state index is 12.5. The molecule has 1 unspecified atom stereocenters. The van der Waals surface area contributed by atoms with E-state index in [4.69, 9.17) is 14.7 Å².